The fourth-order valence-corrected chi connectivity index (χ4v) is 6.58. The number of anilines is 1. The van der Waals surface area contributed by atoms with Gasteiger partial charge in [-0.1, -0.05) is 66.8 Å². The molecule has 3 aromatic rings. The van der Waals surface area contributed by atoms with Crippen LogP contribution < -0.4 is 20.9 Å². The molecule has 7 nitrogen and oxygen atoms in total. The summed E-state index contributed by atoms with van der Waals surface area (Å²) in [5, 5.41) is 10.3. The molecule has 1 saturated heterocycles. The zero-order valence-corrected chi connectivity index (χ0v) is 23.8. The van der Waals surface area contributed by atoms with Crippen LogP contribution in [0.5, 0.6) is 0 Å². The Labute approximate surface area is 240 Å². The second-order valence-electron chi connectivity index (χ2n) is 10.7. The van der Waals surface area contributed by atoms with Gasteiger partial charge in [-0.15, -0.1) is 0 Å². The van der Waals surface area contributed by atoms with E-state index in [0.717, 1.165) is 54.1 Å². The Hall–Kier alpha value is -3.49. The lowest BCUT2D eigenvalue weighted by atomic mass is 9.80. The van der Waals surface area contributed by atoms with E-state index in [4.69, 9.17) is 0 Å². The number of aromatic amines is 1. The molecule has 0 spiro atoms. The van der Waals surface area contributed by atoms with Gasteiger partial charge in [-0.05, 0) is 86.1 Å². The molecule has 0 bridgehead atoms. The van der Waals surface area contributed by atoms with E-state index >= 15 is 0 Å². The van der Waals surface area contributed by atoms with Crippen LogP contribution in [0.25, 0.3) is 10.2 Å². The van der Waals surface area contributed by atoms with Gasteiger partial charge in [0.1, 0.15) is 5.52 Å². The zero-order chi connectivity index (χ0) is 27.6. The van der Waals surface area contributed by atoms with Crippen molar-refractivity contribution in [2.24, 2.45) is 5.92 Å². The predicted molar refractivity (Wildman–Crippen MR) is 162 cm³/mol. The van der Waals surface area contributed by atoms with Crippen molar-refractivity contribution in [3.8, 4) is 0 Å². The highest BCUT2D eigenvalue weighted by atomic mass is 32.1. The third kappa shape index (κ3) is 7.79. The van der Waals surface area contributed by atoms with Crippen molar-refractivity contribution in [3.05, 3.63) is 84.5 Å². The van der Waals surface area contributed by atoms with Gasteiger partial charge in [0.25, 0.3) is 0 Å². The number of aromatic nitrogens is 1. The maximum atomic E-state index is 13.6. The van der Waals surface area contributed by atoms with Crippen LogP contribution in [-0.4, -0.2) is 49.1 Å². The van der Waals surface area contributed by atoms with Crippen molar-refractivity contribution in [2.45, 2.75) is 50.5 Å². The van der Waals surface area contributed by atoms with E-state index in [-0.39, 0.29) is 18.0 Å². The van der Waals surface area contributed by atoms with Crippen molar-refractivity contribution in [3.63, 3.8) is 0 Å². The normalized spacial score (nSPS) is 17.9. The lowest BCUT2D eigenvalue weighted by molar-refractivity contribution is -0.321. The number of amides is 3. The zero-order valence-electron chi connectivity index (χ0n) is 23.0. The van der Waals surface area contributed by atoms with E-state index in [1.807, 2.05) is 35.2 Å². The van der Waals surface area contributed by atoms with E-state index in [1.165, 1.54) is 16.9 Å². The van der Waals surface area contributed by atoms with Crippen molar-refractivity contribution >= 4 is 38.6 Å². The first-order valence-corrected chi connectivity index (χ1v) is 15.3. The van der Waals surface area contributed by atoms with Crippen LogP contribution >= 0.6 is 11.3 Å². The number of rotatable bonds is 11. The minimum Gasteiger partial charge on any atom is -0.353 e. The van der Waals surface area contributed by atoms with Crippen LogP contribution in [-0.2, 0) is 4.79 Å². The summed E-state index contributed by atoms with van der Waals surface area (Å²) in [7, 11) is 0. The number of piperidine rings is 1. The van der Waals surface area contributed by atoms with Crippen LogP contribution in [0.3, 0.4) is 0 Å². The third-order valence-corrected chi connectivity index (χ3v) is 8.84. The molecule has 5 rings (SSSR count). The average Bonchev–Trinajstić information content (AvgIpc) is 3.40. The fourth-order valence-electron chi connectivity index (χ4n) is 5.68. The molecule has 1 aromatic heterocycles. The second kappa shape index (κ2) is 14.2. The standard InChI is InChI=1S/C32H39N5O2S/c38-30(34-26-17-20-33-21-18-26)16-9-22-37(32(39)36-31-35-28-14-7-8-15-29(28)40-31)23-19-27(24-10-3-1-4-11-24)25-12-5-2-6-13-25/h1-8,10-12,14-15,25-27,33H,9,13,16-23H2,(H,34,38)(H,35,36,39)/p+1. The number of hydrogen-bond acceptors (Lipinski definition) is 4. The van der Waals surface area contributed by atoms with Crippen molar-refractivity contribution < 1.29 is 14.6 Å². The maximum Gasteiger partial charge on any atom is 0.409 e. The quantitative estimate of drug-likeness (QED) is 0.290. The van der Waals surface area contributed by atoms with Crippen LogP contribution in [0.1, 0.15) is 50.0 Å². The summed E-state index contributed by atoms with van der Waals surface area (Å²) in [5.74, 6) is 0.771. The van der Waals surface area contributed by atoms with E-state index in [2.05, 4.69) is 69.5 Å². The monoisotopic (exact) mass is 558 g/mol. The minimum absolute atomic E-state index is 0.0754. The molecule has 210 valence electrons. The summed E-state index contributed by atoms with van der Waals surface area (Å²) < 4.78 is 1.10. The number of para-hydroxylation sites is 1. The van der Waals surface area contributed by atoms with Crippen LogP contribution in [0.15, 0.2) is 78.9 Å². The molecule has 0 saturated carbocycles. The smallest absolute Gasteiger partial charge is 0.353 e. The minimum atomic E-state index is -0.132. The van der Waals surface area contributed by atoms with Gasteiger partial charge in [0.15, 0.2) is 0 Å². The van der Waals surface area contributed by atoms with Crippen molar-refractivity contribution in [2.75, 3.05) is 31.5 Å². The Bertz CT molecular complexity index is 1280. The van der Waals surface area contributed by atoms with E-state index in [0.29, 0.717) is 37.8 Å². The van der Waals surface area contributed by atoms with Gasteiger partial charge in [-0.2, -0.15) is 5.32 Å². The number of nitrogens with one attached hydrogen (secondary N) is 4. The van der Waals surface area contributed by atoms with E-state index in [1.54, 1.807) is 0 Å². The van der Waals surface area contributed by atoms with Gasteiger partial charge < -0.3 is 15.5 Å². The molecule has 1 aliphatic carbocycles. The van der Waals surface area contributed by atoms with Gasteiger partial charge in [-0.25, -0.2) is 9.78 Å². The average molecular weight is 559 g/mol. The molecule has 1 fully saturated rings. The molecular formula is C32H40N5O2S+. The van der Waals surface area contributed by atoms with Gasteiger partial charge in [-0.3, -0.25) is 4.79 Å². The number of carbonyl (C=O) groups is 2. The summed E-state index contributed by atoms with van der Waals surface area (Å²) >= 11 is 1.54. The summed E-state index contributed by atoms with van der Waals surface area (Å²) in [6.45, 7) is 3.03. The molecule has 3 amide bonds. The highest BCUT2D eigenvalue weighted by Crippen LogP contribution is 2.33. The maximum absolute atomic E-state index is 13.6. The van der Waals surface area contributed by atoms with Gasteiger partial charge >= 0.3 is 11.2 Å². The molecule has 2 aliphatic rings. The van der Waals surface area contributed by atoms with Gasteiger partial charge in [0.05, 0.1) is 4.70 Å². The first kappa shape index (κ1) is 28.1. The lowest BCUT2D eigenvalue weighted by Gasteiger charge is -2.29. The first-order valence-electron chi connectivity index (χ1n) is 14.5. The number of hydrogen-bond donors (Lipinski definition) is 3. The fraction of sp³-hybridized carbons (Fsp3) is 0.406. The number of fused-ring (bicyclic) bond motifs is 1. The number of H-pyrrole nitrogens is 1. The largest absolute Gasteiger partial charge is 0.409 e. The summed E-state index contributed by atoms with van der Waals surface area (Å²) in [4.78, 5) is 31.4. The molecule has 2 heterocycles. The lowest BCUT2D eigenvalue weighted by Crippen LogP contribution is -2.43. The summed E-state index contributed by atoms with van der Waals surface area (Å²) in [6.07, 6.45) is 13.6. The second-order valence-corrected chi connectivity index (χ2v) is 11.7. The Morgan fingerprint density at radius 2 is 1.82 bits per heavy atom. The third-order valence-electron chi connectivity index (χ3n) is 7.86. The van der Waals surface area contributed by atoms with Crippen LogP contribution in [0.2, 0.25) is 0 Å². The van der Waals surface area contributed by atoms with Gasteiger partial charge in [0, 0.05) is 25.6 Å². The first-order chi connectivity index (χ1) is 19.7. The molecule has 2 aromatic carbocycles. The Morgan fingerprint density at radius 3 is 2.60 bits per heavy atom. The summed E-state index contributed by atoms with van der Waals surface area (Å²) in [5.41, 5.74) is 2.30. The molecule has 8 heteroatoms. The molecule has 1 aliphatic heterocycles. The highest BCUT2D eigenvalue weighted by molar-refractivity contribution is 7.21. The molecule has 2 unspecified atom stereocenters. The highest BCUT2D eigenvalue weighted by Gasteiger charge is 2.26. The Balaban J connectivity index is 1.25. The molecule has 2 atom stereocenters. The van der Waals surface area contributed by atoms with Crippen molar-refractivity contribution in [1.29, 1.82) is 0 Å². The number of carbonyl (C=O) groups excluding carboxylic acids is 2. The van der Waals surface area contributed by atoms with Crippen LogP contribution in [0.4, 0.5) is 9.93 Å². The van der Waals surface area contributed by atoms with E-state index < -0.39 is 0 Å². The Kier molecular flexibility index (Phi) is 9.98. The SMILES string of the molecule is O=C(CCCN(CCC(c1ccccc1)C1C=CC=CC1)C(=O)Nc1[nH+]c2ccccc2s1)NC1CCNCC1. The van der Waals surface area contributed by atoms with E-state index in [9.17, 15) is 9.59 Å². The Morgan fingerprint density at radius 1 is 1.02 bits per heavy atom. The van der Waals surface area contributed by atoms with Crippen LogP contribution in [0, 0.1) is 5.92 Å². The number of thiazole rings is 1. The molecule has 0 radical (unpaired) electrons. The molecule has 40 heavy (non-hydrogen) atoms. The number of allylic oxidation sites excluding steroid dienone is 4. The number of urea groups is 1. The summed E-state index contributed by atoms with van der Waals surface area (Å²) in [6, 6.07) is 18.8. The molecular weight excluding hydrogens is 518 g/mol. The number of benzene rings is 2. The topological polar surface area (TPSA) is 87.6 Å². The predicted octanol–water partition coefficient (Wildman–Crippen LogP) is 5.50. The van der Waals surface area contributed by atoms with Gasteiger partial charge in [0.2, 0.25) is 5.91 Å². The number of nitrogens with zero attached hydrogens (tertiary/aromatic N) is 1. The molecule has 4 N–H and O–H groups in total. The van der Waals surface area contributed by atoms with Crippen molar-refractivity contribution in [1.82, 2.24) is 15.5 Å².